The third-order valence-electron chi connectivity index (χ3n) is 5.15. The number of fused-ring (bicyclic) bond motifs is 4. The summed E-state index contributed by atoms with van der Waals surface area (Å²) < 4.78 is 13.6. The number of hydrogen-bond donors (Lipinski definition) is 2. The third kappa shape index (κ3) is 2.14. The number of benzene rings is 2. The van der Waals surface area contributed by atoms with Crippen molar-refractivity contribution in [1.29, 1.82) is 0 Å². The average Bonchev–Trinajstić information content (AvgIpc) is 3.24. The Morgan fingerprint density at radius 1 is 1.22 bits per heavy atom. The minimum Gasteiger partial charge on any atom is -0.496 e. The first-order valence-corrected chi connectivity index (χ1v) is 8.75. The molecule has 7 heteroatoms. The maximum absolute atomic E-state index is 6.14. The molecular formula is C20H19N5O2. The first kappa shape index (κ1) is 15.7. The predicted octanol–water partition coefficient (Wildman–Crippen LogP) is 3.24. The number of methoxy groups -OCH3 is 1. The molecule has 4 N–H and O–H groups in total. The fourth-order valence-electron chi connectivity index (χ4n) is 3.95. The molecule has 0 aliphatic carbocycles. The van der Waals surface area contributed by atoms with Crippen LogP contribution in [0, 0.1) is 0 Å². The van der Waals surface area contributed by atoms with E-state index in [4.69, 9.17) is 20.9 Å². The Hall–Kier alpha value is -3.48. The molecule has 1 aliphatic rings. The van der Waals surface area contributed by atoms with Crippen LogP contribution in [0.25, 0.3) is 27.5 Å². The summed E-state index contributed by atoms with van der Waals surface area (Å²) in [4.78, 5) is 8.50. The van der Waals surface area contributed by atoms with Crippen LogP contribution in [0.15, 0.2) is 36.5 Å². The minimum absolute atomic E-state index is 0.149. The molecule has 136 valence electrons. The van der Waals surface area contributed by atoms with Crippen molar-refractivity contribution < 1.29 is 9.47 Å². The second-order valence-electron chi connectivity index (χ2n) is 6.79. The Labute approximate surface area is 155 Å². The van der Waals surface area contributed by atoms with E-state index in [0.29, 0.717) is 17.9 Å². The molecule has 5 rings (SSSR count). The molecule has 0 amide bonds. The Kier molecular flexibility index (Phi) is 3.21. The van der Waals surface area contributed by atoms with Crippen LogP contribution in [0.1, 0.15) is 18.4 Å². The maximum Gasteiger partial charge on any atom is 0.222 e. The summed E-state index contributed by atoms with van der Waals surface area (Å²) in [6.07, 6.45) is 2.04. The highest BCUT2D eigenvalue weighted by atomic mass is 16.5. The van der Waals surface area contributed by atoms with E-state index in [1.165, 1.54) is 0 Å². The van der Waals surface area contributed by atoms with Crippen molar-refractivity contribution >= 4 is 33.6 Å². The van der Waals surface area contributed by atoms with Crippen molar-refractivity contribution in [2.75, 3.05) is 25.2 Å². The van der Waals surface area contributed by atoms with E-state index in [1.807, 2.05) is 30.5 Å². The number of nitrogens with two attached hydrogens (primary N) is 2. The molecule has 1 aliphatic heterocycles. The average molecular weight is 361 g/mol. The number of hydrogen-bond acceptors (Lipinski definition) is 6. The lowest BCUT2D eigenvalue weighted by atomic mass is 9.98. The monoisotopic (exact) mass is 361 g/mol. The molecule has 1 unspecified atom stereocenters. The molecule has 0 bridgehead atoms. The first-order chi connectivity index (χ1) is 13.1. The fraction of sp³-hybridized carbons (Fsp3) is 0.200. The van der Waals surface area contributed by atoms with Crippen LogP contribution in [-0.2, 0) is 0 Å². The van der Waals surface area contributed by atoms with Crippen molar-refractivity contribution in [2.45, 2.75) is 12.8 Å². The number of aromatic nitrogens is 3. The zero-order chi connectivity index (χ0) is 18.7. The second kappa shape index (κ2) is 5.51. The molecule has 4 aromatic rings. The van der Waals surface area contributed by atoms with E-state index in [9.17, 15) is 0 Å². The van der Waals surface area contributed by atoms with Gasteiger partial charge >= 0.3 is 0 Å². The van der Waals surface area contributed by atoms with Crippen molar-refractivity contribution in [1.82, 2.24) is 14.5 Å². The zero-order valence-corrected chi connectivity index (χ0v) is 15.1. The van der Waals surface area contributed by atoms with Gasteiger partial charge in [0.25, 0.3) is 0 Å². The van der Waals surface area contributed by atoms with E-state index >= 15 is 0 Å². The van der Waals surface area contributed by atoms with Crippen molar-refractivity contribution in [3.8, 4) is 17.2 Å². The number of rotatable bonds is 2. The molecule has 0 fully saturated rings. The van der Waals surface area contributed by atoms with Gasteiger partial charge in [-0.05, 0) is 24.3 Å². The molecule has 1 atom stereocenters. The van der Waals surface area contributed by atoms with Gasteiger partial charge in [0.15, 0.2) is 0 Å². The van der Waals surface area contributed by atoms with Gasteiger partial charge in [0, 0.05) is 23.1 Å². The summed E-state index contributed by atoms with van der Waals surface area (Å²) in [6, 6.07) is 10.1. The highest BCUT2D eigenvalue weighted by molar-refractivity contribution is 5.99. The van der Waals surface area contributed by atoms with Crippen LogP contribution in [0.2, 0.25) is 0 Å². The minimum atomic E-state index is 0.149. The lowest BCUT2D eigenvalue weighted by Gasteiger charge is -2.15. The van der Waals surface area contributed by atoms with Crippen LogP contribution in [-0.4, -0.2) is 28.3 Å². The topological polar surface area (TPSA) is 101 Å². The largest absolute Gasteiger partial charge is 0.496 e. The lowest BCUT2D eigenvalue weighted by Crippen LogP contribution is -2.04. The maximum atomic E-state index is 6.14. The number of nitrogen functional groups attached to an aromatic ring is 2. The van der Waals surface area contributed by atoms with Gasteiger partial charge in [0.2, 0.25) is 5.95 Å². The molecule has 7 nitrogen and oxygen atoms in total. The van der Waals surface area contributed by atoms with Gasteiger partial charge in [-0.15, -0.1) is 0 Å². The molecule has 0 spiro atoms. The molecule has 0 saturated heterocycles. The van der Waals surface area contributed by atoms with Crippen molar-refractivity contribution in [2.24, 2.45) is 0 Å². The van der Waals surface area contributed by atoms with Crippen LogP contribution in [0.4, 0.5) is 11.8 Å². The first-order valence-electron chi connectivity index (χ1n) is 8.75. The van der Waals surface area contributed by atoms with Crippen molar-refractivity contribution in [3.63, 3.8) is 0 Å². The van der Waals surface area contributed by atoms with Crippen LogP contribution >= 0.6 is 0 Å². The van der Waals surface area contributed by atoms with Gasteiger partial charge in [0.05, 0.1) is 35.8 Å². The fourth-order valence-corrected chi connectivity index (χ4v) is 3.95. The van der Waals surface area contributed by atoms with Gasteiger partial charge in [-0.3, -0.25) is 0 Å². The Balaban J connectivity index is 1.88. The molecule has 0 saturated carbocycles. The third-order valence-corrected chi connectivity index (χ3v) is 5.15. The quantitative estimate of drug-likeness (QED) is 0.568. The number of anilines is 2. The lowest BCUT2D eigenvalue weighted by molar-refractivity contribution is 0.340. The van der Waals surface area contributed by atoms with Crippen LogP contribution in [0.3, 0.4) is 0 Å². The highest BCUT2D eigenvalue weighted by Gasteiger charge is 2.29. The van der Waals surface area contributed by atoms with E-state index < -0.39 is 0 Å². The standard InChI is InChI=1S/C20H19N5O2/c1-10-9-27-18-16(10)14(8-12-17(18)19(21)24-20(22)23-12)25-7-6-11-13(25)4-3-5-15(11)26-2/h3-8,10H,9H2,1-2H3,(H4,21,22,23,24). The van der Waals surface area contributed by atoms with Gasteiger partial charge in [-0.1, -0.05) is 13.0 Å². The molecule has 2 aromatic carbocycles. The molecule has 0 radical (unpaired) electrons. The number of ether oxygens (including phenoxy) is 2. The predicted molar refractivity (Wildman–Crippen MR) is 106 cm³/mol. The van der Waals surface area contributed by atoms with Crippen molar-refractivity contribution in [3.05, 3.63) is 42.1 Å². The summed E-state index contributed by atoms with van der Waals surface area (Å²) in [5, 5.41) is 1.77. The van der Waals surface area contributed by atoms with E-state index in [1.54, 1.807) is 7.11 Å². The smallest absolute Gasteiger partial charge is 0.222 e. The van der Waals surface area contributed by atoms with Gasteiger partial charge in [0.1, 0.15) is 17.3 Å². The van der Waals surface area contributed by atoms with E-state index in [2.05, 4.69) is 27.5 Å². The summed E-state index contributed by atoms with van der Waals surface area (Å²) in [6.45, 7) is 2.73. The van der Waals surface area contributed by atoms with E-state index in [-0.39, 0.29) is 11.9 Å². The molecule has 27 heavy (non-hydrogen) atoms. The molecule has 3 heterocycles. The Morgan fingerprint density at radius 3 is 2.89 bits per heavy atom. The summed E-state index contributed by atoms with van der Waals surface area (Å²) >= 11 is 0. The zero-order valence-electron chi connectivity index (χ0n) is 15.1. The van der Waals surface area contributed by atoms with Crippen LogP contribution in [0.5, 0.6) is 11.5 Å². The van der Waals surface area contributed by atoms with Crippen LogP contribution < -0.4 is 20.9 Å². The SMILES string of the molecule is COc1cccc2c1ccn2-c1cc2nc(N)nc(N)c2c2c1C(C)CO2. The normalized spacial score (nSPS) is 15.9. The number of nitrogens with zero attached hydrogens (tertiary/aromatic N) is 3. The van der Waals surface area contributed by atoms with Gasteiger partial charge in [-0.25, -0.2) is 4.98 Å². The highest BCUT2D eigenvalue weighted by Crippen LogP contribution is 2.45. The van der Waals surface area contributed by atoms with E-state index in [0.717, 1.165) is 39.0 Å². The molecular weight excluding hydrogens is 342 g/mol. The summed E-state index contributed by atoms with van der Waals surface area (Å²) in [5.74, 6) is 2.30. The molecule has 2 aromatic heterocycles. The van der Waals surface area contributed by atoms with Gasteiger partial charge in [-0.2, -0.15) is 4.98 Å². The Morgan fingerprint density at radius 2 is 2.07 bits per heavy atom. The summed E-state index contributed by atoms with van der Waals surface area (Å²) in [7, 11) is 1.68. The summed E-state index contributed by atoms with van der Waals surface area (Å²) in [5.41, 5.74) is 15.8. The second-order valence-corrected chi connectivity index (χ2v) is 6.79. The Bertz CT molecular complexity index is 1210. The van der Waals surface area contributed by atoms with Gasteiger partial charge < -0.3 is 25.5 Å².